The molecule has 0 saturated carbocycles. The molecular formula is C17H34O5. The zero-order valence-electron chi connectivity index (χ0n) is 14.5. The van der Waals surface area contributed by atoms with Crippen molar-refractivity contribution in [2.24, 2.45) is 0 Å². The Morgan fingerprint density at radius 2 is 1.36 bits per heavy atom. The van der Waals surface area contributed by atoms with E-state index < -0.39 is 12.4 Å². The third kappa shape index (κ3) is 6.92. The highest BCUT2D eigenvalue weighted by Gasteiger charge is 2.45. The van der Waals surface area contributed by atoms with Crippen LogP contribution in [0.3, 0.4) is 0 Å². The second-order valence-corrected chi connectivity index (χ2v) is 5.87. The minimum absolute atomic E-state index is 0.250. The Morgan fingerprint density at radius 1 is 0.818 bits per heavy atom. The number of aliphatic hydroxyl groups is 1. The molecule has 0 aromatic rings. The van der Waals surface area contributed by atoms with E-state index >= 15 is 0 Å². The summed E-state index contributed by atoms with van der Waals surface area (Å²) in [6.07, 6.45) is 4.41. The van der Waals surface area contributed by atoms with Crippen molar-refractivity contribution >= 4 is 0 Å². The summed E-state index contributed by atoms with van der Waals surface area (Å²) >= 11 is 0. The Morgan fingerprint density at radius 3 is 1.95 bits per heavy atom. The lowest BCUT2D eigenvalue weighted by molar-refractivity contribution is -0.150. The highest BCUT2D eigenvalue weighted by Crippen LogP contribution is 2.26. The zero-order chi connectivity index (χ0) is 16.2. The van der Waals surface area contributed by atoms with E-state index in [9.17, 15) is 5.11 Å². The Bertz CT molecular complexity index is 261. The SMILES string of the molecule is CCCCOC[C@H]1OC(O)[C@@H](OCCCC)[C@@H]1OCCCC. The minimum Gasteiger partial charge on any atom is -0.379 e. The maximum absolute atomic E-state index is 10.1. The number of aliphatic hydroxyl groups excluding tert-OH is 1. The van der Waals surface area contributed by atoms with Gasteiger partial charge >= 0.3 is 0 Å². The molecule has 1 rings (SSSR count). The molecule has 1 unspecified atom stereocenters. The van der Waals surface area contributed by atoms with Gasteiger partial charge in [-0.25, -0.2) is 0 Å². The number of hydrogen-bond acceptors (Lipinski definition) is 5. The molecule has 0 amide bonds. The summed E-state index contributed by atoms with van der Waals surface area (Å²) < 4.78 is 23.0. The topological polar surface area (TPSA) is 57.2 Å². The van der Waals surface area contributed by atoms with Gasteiger partial charge in [0.2, 0.25) is 0 Å². The number of hydrogen-bond donors (Lipinski definition) is 1. The lowest BCUT2D eigenvalue weighted by atomic mass is 10.1. The highest BCUT2D eigenvalue weighted by atomic mass is 16.7. The fourth-order valence-electron chi connectivity index (χ4n) is 2.39. The van der Waals surface area contributed by atoms with Crippen LogP contribution >= 0.6 is 0 Å². The molecule has 1 saturated heterocycles. The number of ether oxygens (including phenoxy) is 4. The molecule has 5 nitrogen and oxygen atoms in total. The lowest BCUT2D eigenvalue weighted by Gasteiger charge is -2.23. The average Bonchev–Trinajstić information content (AvgIpc) is 2.80. The Kier molecular flexibility index (Phi) is 11.1. The smallest absolute Gasteiger partial charge is 0.184 e. The fraction of sp³-hybridized carbons (Fsp3) is 1.00. The predicted molar refractivity (Wildman–Crippen MR) is 85.9 cm³/mol. The second kappa shape index (κ2) is 12.3. The van der Waals surface area contributed by atoms with E-state index in [0.717, 1.165) is 45.1 Å². The van der Waals surface area contributed by atoms with Crippen LogP contribution in [0.25, 0.3) is 0 Å². The summed E-state index contributed by atoms with van der Waals surface area (Å²) in [6.45, 7) is 8.83. The van der Waals surface area contributed by atoms with Gasteiger partial charge in [-0.15, -0.1) is 0 Å². The van der Waals surface area contributed by atoms with Gasteiger partial charge in [0.15, 0.2) is 6.29 Å². The molecule has 1 N–H and O–H groups in total. The summed E-state index contributed by atoms with van der Waals surface area (Å²) in [6, 6.07) is 0. The Labute approximate surface area is 135 Å². The molecule has 0 spiro atoms. The van der Waals surface area contributed by atoms with Gasteiger partial charge in [0, 0.05) is 19.8 Å². The fourth-order valence-corrected chi connectivity index (χ4v) is 2.39. The van der Waals surface area contributed by atoms with Crippen molar-refractivity contribution in [1.82, 2.24) is 0 Å². The zero-order valence-corrected chi connectivity index (χ0v) is 14.5. The lowest BCUT2D eigenvalue weighted by Crippen LogP contribution is -2.39. The van der Waals surface area contributed by atoms with Gasteiger partial charge in [0.05, 0.1) is 6.61 Å². The van der Waals surface area contributed by atoms with E-state index in [-0.39, 0.29) is 12.2 Å². The first-order valence-electron chi connectivity index (χ1n) is 8.89. The van der Waals surface area contributed by atoms with Crippen LogP contribution in [-0.4, -0.2) is 56.1 Å². The number of rotatable bonds is 13. The van der Waals surface area contributed by atoms with Gasteiger partial charge in [-0.1, -0.05) is 40.0 Å². The van der Waals surface area contributed by atoms with E-state index in [2.05, 4.69) is 20.8 Å². The molecule has 22 heavy (non-hydrogen) atoms. The monoisotopic (exact) mass is 318 g/mol. The second-order valence-electron chi connectivity index (χ2n) is 5.87. The van der Waals surface area contributed by atoms with E-state index in [1.54, 1.807) is 0 Å². The summed E-state index contributed by atoms with van der Waals surface area (Å²) in [4.78, 5) is 0. The van der Waals surface area contributed by atoms with Crippen LogP contribution in [0.4, 0.5) is 0 Å². The molecule has 1 aliphatic rings. The molecule has 0 radical (unpaired) electrons. The number of unbranched alkanes of at least 4 members (excludes halogenated alkanes) is 3. The van der Waals surface area contributed by atoms with Crippen LogP contribution in [0.1, 0.15) is 59.3 Å². The van der Waals surface area contributed by atoms with Gasteiger partial charge < -0.3 is 24.1 Å². The van der Waals surface area contributed by atoms with Gasteiger partial charge in [-0.05, 0) is 19.3 Å². The van der Waals surface area contributed by atoms with Crippen molar-refractivity contribution in [1.29, 1.82) is 0 Å². The van der Waals surface area contributed by atoms with Crippen molar-refractivity contribution in [2.45, 2.75) is 83.9 Å². The first-order chi connectivity index (χ1) is 10.7. The first kappa shape index (κ1) is 19.8. The normalized spacial score (nSPS) is 28.4. The standard InChI is InChI=1S/C17H34O5/c1-4-7-10-19-13-14-15(20-11-8-5-2)16(17(18)22-14)21-12-9-6-3/h14-18H,4-13H2,1-3H3/t14-,15-,16+,17?/m1/s1. The maximum Gasteiger partial charge on any atom is 0.184 e. The molecule has 0 aromatic carbocycles. The van der Waals surface area contributed by atoms with Gasteiger partial charge in [0.25, 0.3) is 0 Å². The summed E-state index contributed by atoms with van der Waals surface area (Å²) in [5.41, 5.74) is 0. The molecule has 4 atom stereocenters. The average molecular weight is 318 g/mol. The molecule has 0 aliphatic carbocycles. The van der Waals surface area contributed by atoms with Gasteiger partial charge in [-0.3, -0.25) is 0 Å². The van der Waals surface area contributed by atoms with Crippen LogP contribution in [0.5, 0.6) is 0 Å². The predicted octanol–water partition coefficient (Wildman–Crippen LogP) is 2.89. The van der Waals surface area contributed by atoms with Crippen LogP contribution in [-0.2, 0) is 18.9 Å². The van der Waals surface area contributed by atoms with Crippen LogP contribution in [0.2, 0.25) is 0 Å². The largest absolute Gasteiger partial charge is 0.379 e. The summed E-state index contributed by atoms with van der Waals surface area (Å²) in [7, 11) is 0. The summed E-state index contributed by atoms with van der Waals surface area (Å²) in [5.74, 6) is 0. The van der Waals surface area contributed by atoms with Crippen molar-refractivity contribution in [2.75, 3.05) is 26.4 Å². The van der Waals surface area contributed by atoms with Crippen molar-refractivity contribution in [3.63, 3.8) is 0 Å². The van der Waals surface area contributed by atoms with Crippen LogP contribution in [0.15, 0.2) is 0 Å². The Hall–Kier alpha value is -0.200. The van der Waals surface area contributed by atoms with E-state index in [4.69, 9.17) is 18.9 Å². The molecule has 5 heteroatoms. The summed E-state index contributed by atoms with van der Waals surface area (Å²) in [5, 5.41) is 10.1. The molecule has 132 valence electrons. The molecular weight excluding hydrogens is 284 g/mol. The highest BCUT2D eigenvalue weighted by molar-refractivity contribution is 4.89. The van der Waals surface area contributed by atoms with E-state index in [1.807, 2.05) is 0 Å². The van der Waals surface area contributed by atoms with E-state index in [1.165, 1.54) is 0 Å². The molecule has 0 bridgehead atoms. The molecule has 1 aliphatic heterocycles. The quantitative estimate of drug-likeness (QED) is 0.529. The maximum atomic E-state index is 10.1. The van der Waals surface area contributed by atoms with Crippen molar-refractivity contribution < 1.29 is 24.1 Å². The van der Waals surface area contributed by atoms with Gasteiger partial charge in [-0.2, -0.15) is 0 Å². The van der Waals surface area contributed by atoms with Crippen LogP contribution in [0, 0.1) is 0 Å². The van der Waals surface area contributed by atoms with Crippen molar-refractivity contribution in [3.8, 4) is 0 Å². The van der Waals surface area contributed by atoms with E-state index in [0.29, 0.717) is 19.8 Å². The molecule has 0 aromatic heterocycles. The van der Waals surface area contributed by atoms with Crippen molar-refractivity contribution in [3.05, 3.63) is 0 Å². The van der Waals surface area contributed by atoms with Crippen LogP contribution < -0.4 is 0 Å². The Balaban J connectivity index is 2.48. The third-order valence-corrected chi connectivity index (χ3v) is 3.83. The van der Waals surface area contributed by atoms with Gasteiger partial charge in [0.1, 0.15) is 18.3 Å². The molecule has 1 heterocycles. The minimum atomic E-state index is -0.928. The third-order valence-electron chi connectivity index (χ3n) is 3.83. The molecule has 1 fully saturated rings. The first-order valence-corrected chi connectivity index (χ1v) is 8.89.